The molecule has 0 N–H and O–H groups in total. The van der Waals surface area contributed by atoms with Crippen LogP contribution in [0.3, 0.4) is 0 Å². The number of rotatable bonds is 2. The Hall–Kier alpha value is -1.81. The van der Waals surface area contributed by atoms with Gasteiger partial charge in [-0.05, 0) is 37.3 Å². The molecule has 3 rings (SSSR count). The third-order valence-electron chi connectivity index (χ3n) is 3.17. The van der Waals surface area contributed by atoms with Crippen LogP contribution in [0, 0.1) is 6.92 Å². The standard InChI is InChI=1S/C16H13BrO3/c1-10-2-4-13(17)12(8-10)16(18)11-3-5-14-15(9-11)20-7-6-19-14/h2-5,8-9H,6-7H2,1H3. The fraction of sp³-hybridized carbons (Fsp3) is 0.188. The van der Waals surface area contributed by atoms with Gasteiger partial charge in [0.1, 0.15) is 13.2 Å². The van der Waals surface area contributed by atoms with Crippen molar-refractivity contribution in [3.8, 4) is 11.5 Å². The summed E-state index contributed by atoms with van der Waals surface area (Å²) in [6.07, 6.45) is 0. The van der Waals surface area contributed by atoms with Crippen LogP contribution in [-0.4, -0.2) is 19.0 Å². The van der Waals surface area contributed by atoms with Gasteiger partial charge in [0.15, 0.2) is 17.3 Å². The fourth-order valence-electron chi connectivity index (χ4n) is 2.15. The molecular formula is C16H13BrO3. The van der Waals surface area contributed by atoms with E-state index in [9.17, 15) is 4.79 Å². The van der Waals surface area contributed by atoms with Gasteiger partial charge in [-0.2, -0.15) is 0 Å². The van der Waals surface area contributed by atoms with Crippen molar-refractivity contribution < 1.29 is 14.3 Å². The number of halogens is 1. The van der Waals surface area contributed by atoms with E-state index < -0.39 is 0 Å². The summed E-state index contributed by atoms with van der Waals surface area (Å²) < 4.78 is 11.8. The van der Waals surface area contributed by atoms with Crippen molar-refractivity contribution in [1.82, 2.24) is 0 Å². The lowest BCUT2D eigenvalue weighted by Gasteiger charge is -2.18. The maximum absolute atomic E-state index is 12.6. The summed E-state index contributed by atoms with van der Waals surface area (Å²) in [5, 5.41) is 0. The Kier molecular flexibility index (Phi) is 3.49. The number of ether oxygens (including phenoxy) is 2. The summed E-state index contributed by atoms with van der Waals surface area (Å²) in [4.78, 5) is 12.6. The lowest BCUT2D eigenvalue weighted by Crippen LogP contribution is -2.16. The first-order valence-corrected chi connectivity index (χ1v) is 7.15. The Morgan fingerprint density at radius 1 is 1.05 bits per heavy atom. The summed E-state index contributed by atoms with van der Waals surface area (Å²) in [5.41, 5.74) is 2.30. The van der Waals surface area contributed by atoms with Crippen molar-refractivity contribution in [2.75, 3.05) is 13.2 Å². The number of benzene rings is 2. The number of fused-ring (bicyclic) bond motifs is 1. The van der Waals surface area contributed by atoms with Crippen LogP contribution in [0.5, 0.6) is 11.5 Å². The first kappa shape index (κ1) is 13.2. The van der Waals surface area contributed by atoms with E-state index >= 15 is 0 Å². The molecule has 0 saturated heterocycles. The molecule has 0 bridgehead atoms. The summed E-state index contributed by atoms with van der Waals surface area (Å²) in [7, 11) is 0. The van der Waals surface area contributed by atoms with Gasteiger partial charge >= 0.3 is 0 Å². The van der Waals surface area contributed by atoms with E-state index in [1.54, 1.807) is 18.2 Å². The second-order valence-electron chi connectivity index (χ2n) is 4.67. The normalized spacial score (nSPS) is 13.1. The minimum absolute atomic E-state index is 0.0300. The summed E-state index contributed by atoms with van der Waals surface area (Å²) >= 11 is 3.43. The highest BCUT2D eigenvalue weighted by atomic mass is 79.9. The molecule has 0 radical (unpaired) electrons. The average Bonchev–Trinajstić information content (AvgIpc) is 2.48. The lowest BCUT2D eigenvalue weighted by atomic mass is 10.0. The van der Waals surface area contributed by atoms with E-state index in [1.165, 1.54) is 0 Å². The smallest absolute Gasteiger partial charge is 0.194 e. The van der Waals surface area contributed by atoms with E-state index in [-0.39, 0.29) is 5.78 Å². The zero-order chi connectivity index (χ0) is 14.1. The summed E-state index contributed by atoms with van der Waals surface area (Å²) in [6.45, 7) is 3.02. The van der Waals surface area contributed by atoms with Crippen molar-refractivity contribution in [3.05, 3.63) is 57.6 Å². The molecule has 0 aromatic heterocycles. The maximum Gasteiger partial charge on any atom is 0.194 e. The molecule has 4 heteroatoms. The molecule has 0 amide bonds. The van der Waals surface area contributed by atoms with E-state index in [1.807, 2.05) is 25.1 Å². The van der Waals surface area contributed by atoms with Gasteiger partial charge in [0.25, 0.3) is 0 Å². The topological polar surface area (TPSA) is 35.5 Å². The van der Waals surface area contributed by atoms with E-state index in [0.717, 1.165) is 10.0 Å². The van der Waals surface area contributed by atoms with Gasteiger partial charge in [-0.3, -0.25) is 4.79 Å². The predicted octanol–water partition coefficient (Wildman–Crippen LogP) is 3.76. The highest BCUT2D eigenvalue weighted by Crippen LogP contribution is 2.32. The first-order valence-electron chi connectivity index (χ1n) is 6.35. The molecule has 0 unspecified atom stereocenters. The molecule has 0 saturated carbocycles. The molecule has 0 atom stereocenters. The number of aryl methyl sites for hydroxylation is 1. The van der Waals surface area contributed by atoms with E-state index in [4.69, 9.17) is 9.47 Å². The largest absolute Gasteiger partial charge is 0.486 e. The average molecular weight is 333 g/mol. The Bertz CT molecular complexity index is 679. The van der Waals surface area contributed by atoms with Gasteiger partial charge in [0.2, 0.25) is 0 Å². The van der Waals surface area contributed by atoms with Gasteiger partial charge in [0.05, 0.1) is 0 Å². The molecule has 2 aromatic rings. The van der Waals surface area contributed by atoms with Gasteiger partial charge in [-0.25, -0.2) is 0 Å². The quantitative estimate of drug-likeness (QED) is 0.785. The zero-order valence-corrected chi connectivity index (χ0v) is 12.6. The van der Waals surface area contributed by atoms with Crippen LogP contribution in [-0.2, 0) is 0 Å². The number of hydrogen-bond donors (Lipinski definition) is 0. The molecule has 3 nitrogen and oxygen atoms in total. The van der Waals surface area contributed by atoms with Gasteiger partial charge in [0, 0.05) is 15.6 Å². The molecule has 0 spiro atoms. The van der Waals surface area contributed by atoms with Gasteiger partial charge in [-0.1, -0.05) is 27.6 Å². The Morgan fingerprint density at radius 2 is 1.80 bits per heavy atom. The van der Waals surface area contributed by atoms with Crippen molar-refractivity contribution in [2.45, 2.75) is 6.92 Å². The zero-order valence-electron chi connectivity index (χ0n) is 11.0. The molecule has 0 aliphatic carbocycles. The second kappa shape index (κ2) is 5.29. The lowest BCUT2D eigenvalue weighted by molar-refractivity contribution is 0.103. The number of carbonyl (C=O) groups is 1. The molecule has 1 aliphatic rings. The van der Waals surface area contributed by atoms with Crippen LogP contribution in [0.25, 0.3) is 0 Å². The van der Waals surface area contributed by atoms with Crippen LogP contribution >= 0.6 is 15.9 Å². The van der Waals surface area contributed by atoms with Crippen molar-refractivity contribution >= 4 is 21.7 Å². The van der Waals surface area contributed by atoms with Crippen molar-refractivity contribution in [3.63, 3.8) is 0 Å². The second-order valence-corrected chi connectivity index (χ2v) is 5.53. The highest BCUT2D eigenvalue weighted by Gasteiger charge is 2.17. The van der Waals surface area contributed by atoms with E-state index in [2.05, 4.69) is 15.9 Å². The van der Waals surface area contributed by atoms with Gasteiger partial charge < -0.3 is 9.47 Å². The minimum Gasteiger partial charge on any atom is -0.486 e. The highest BCUT2D eigenvalue weighted by molar-refractivity contribution is 9.10. The molecule has 0 fully saturated rings. The van der Waals surface area contributed by atoms with Crippen LogP contribution in [0.2, 0.25) is 0 Å². The Labute approximate surface area is 125 Å². The van der Waals surface area contributed by atoms with Crippen LogP contribution in [0.1, 0.15) is 21.5 Å². The number of ketones is 1. The minimum atomic E-state index is -0.0300. The monoisotopic (exact) mass is 332 g/mol. The van der Waals surface area contributed by atoms with E-state index in [0.29, 0.717) is 35.8 Å². The van der Waals surface area contributed by atoms with Crippen LogP contribution in [0.15, 0.2) is 40.9 Å². The molecular weight excluding hydrogens is 320 g/mol. The maximum atomic E-state index is 12.6. The summed E-state index contributed by atoms with van der Waals surface area (Å²) in [6, 6.07) is 11.0. The fourth-order valence-corrected chi connectivity index (χ4v) is 2.58. The number of carbonyl (C=O) groups excluding carboxylic acids is 1. The van der Waals surface area contributed by atoms with Crippen LogP contribution in [0.4, 0.5) is 0 Å². The van der Waals surface area contributed by atoms with Crippen molar-refractivity contribution in [2.24, 2.45) is 0 Å². The molecule has 1 heterocycles. The third-order valence-corrected chi connectivity index (χ3v) is 3.86. The predicted molar refractivity (Wildman–Crippen MR) is 79.7 cm³/mol. The Morgan fingerprint density at radius 3 is 2.60 bits per heavy atom. The summed E-state index contributed by atoms with van der Waals surface area (Å²) in [5.74, 6) is 1.29. The SMILES string of the molecule is Cc1ccc(Br)c(C(=O)c2ccc3c(c2)OCCO3)c1. The molecule has 1 aliphatic heterocycles. The van der Waals surface area contributed by atoms with Crippen molar-refractivity contribution in [1.29, 1.82) is 0 Å². The van der Waals surface area contributed by atoms with Crippen LogP contribution < -0.4 is 9.47 Å². The molecule has 102 valence electrons. The Balaban J connectivity index is 2.00. The third kappa shape index (κ3) is 2.43. The molecule has 20 heavy (non-hydrogen) atoms. The number of hydrogen-bond acceptors (Lipinski definition) is 3. The first-order chi connectivity index (χ1) is 9.65. The van der Waals surface area contributed by atoms with Gasteiger partial charge in [-0.15, -0.1) is 0 Å². The molecule has 2 aromatic carbocycles.